The van der Waals surface area contributed by atoms with E-state index in [0.717, 1.165) is 0 Å². The summed E-state index contributed by atoms with van der Waals surface area (Å²) in [5.41, 5.74) is 0.360. The van der Waals surface area contributed by atoms with E-state index in [9.17, 15) is 9.59 Å². The highest BCUT2D eigenvalue weighted by atomic mass is 16.4. The first kappa shape index (κ1) is 14.6. The van der Waals surface area contributed by atoms with Crippen LogP contribution in [0.4, 0.5) is 0 Å². The van der Waals surface area contributed by atoms with Gasteiger partial charge in [0.2, 0.25) is 0 Å². The molecule has 2 aromatic heterocycles. The lowest BCUT2D eigenvalue weighted by Crippen LogP contribution is -2.32. The fourth-order valence-corrected chi connectivity index (χ4v) is 1.71. The van der Waals surface area contributed by atoms with Crippen LogP contribution in [0.15, 0.2) is 31.0 Å². The van der Waals surface area contributed by atoms with Crippen LogP contribution in [0.25, 0.3) is 5.82 Å². The molecule has 110 valence electrons. The number of aromatic nitrogens is 4. The molecule has 0 aliphatic carbocycles. The van der Waals surface area contributed by atoms with Crippen molar-refractivity contribution >= 4 is 11.9 Å². The Bertz CT molecular complexity index is 609. The third-order valence-corrected chi connectivity index (χ3v) is 3.01. The number of hydrogen-bond acceptors (Lipinski definition) is 5. The van der Waals surface area contributed by atoms with E-state index in [1.54, 1.807) is 19.1 Å². The van der Waals surface area contributed by atoms with Crippen molar-refractivity contribution in [1.82, 2.24) is 25.1 Å². The Morgan fingerprint density at radius 2 is 2.24 bits per heavy atom. The predicted molar refractivity (Wildman–Crippen MR) is 72.9 cm³/mol. The molecule has 8 heteroatoms. The topological polar surface area (TPSA) is 110 Å². The maximum atomic E-state index is 11.9. The number of carbonyl (C=O) groups excluding carboxylic acids is 1. The molecule has 21 heavy (non-hydrogen) atoms. The summed E-state index contributed by atoms with van der Waals surface area (Å²) in [6.45, 7) is 1.86. The van der Waals surface area contributed by atoms with E-state index in [-0.39, 0.29) is 12.5 Å². The Hall–Kier alpha value is -2.77. The van der Waals surface area contributed by atoms with Gasteiger partial charge in [-0.3, -0.25) is 9.59 Å². The van der Waals surface area contributed by atoms with E-state index in [2.05, 4.69) is 20.4 Å². The fourth-order valence-electron chi connectivity index (χ4n) is 1.71. The van der Waals surface area contributed by atoms with Gasteiger partial charge in [0.1, 0.15) is 12.7 Å². The van der Waals surface area contributed by atoms with Gasteiger partial charge in [-0.1, -0.05) is 6.92 Å². The summed E-state index contributed by atoms with van der Waals surface area (Å²) in [5, 5.41) is 15.4. The average Bonchev–Trinajstić information content (AvgIpc) is 3.01. The molecule has 2 aromatic rings. The lowest BCUT2D eigenvalue weighted by atomic mass is 10.1. The van der Waals surface area contributed by atoms with Gasteiger partial charge in [0.25, 0.3) is 5.91 Å². The van der Waals surface area contributed by atoms with Crippen LogP contribution >= 0.6 is 0 Å². The second kappa shape index (κ2) is 6.60. The van der Waals surface area contributed by atoms with Gasteiger partial charge in [0.05, 0.1) is 11.5 Å². The van der Waals surface area contributed by atoms with Gasteiger partial charge in [-0.25, -0.2) is 14.6 Å². The van der Waals surface area contributed by atoms with Crippen molar-refractivity contribution in [1.29, 1.82) is 0 Å². The molecule has 0 saturated carbocycles. The zero-order chi connectivity index (χ0) is 15.2. The quantitative estimate of drug-likeness (QED) is 0.801. The Kier molecular flexibility index (Phi) is 4.60. The minimum atomic E-state index is -0.919. The fraction of sp³-hybridized carbons (Fsp3) is 0.308. The molecular formula is C13H15N5O3. The SMILES string of the molecule is CCC(CNC(=O)c1ccc(-n2cncn2)nc1)C(=O)O. The Morgan fingerprint density at radius 3 is 2.76 bits per heavy atom. The van der Waals surface area contributed by atoms with E-state index in [1.165, 1.54) is 23.5 Å². The van der Waals surface area contributed by atoms with Crippen molar-refractivity contribution in [2.24, 2.45) is 5.92 Å². The summed E-state index contributed by atoms with van der Waals surface area (Å²) in [6, 6.07) is 3.24. The van der Waals surface area contributed by atoms with Crippen LogP contribution in [0.1, 0.15) is 23.7 Å². The molecule has 0 saturated heterocycles. The number of pyridine rings is 1. The normalized spacial score (nSPS) is 11.9. The van der Waals surface area contributed by atoms with Gasteiger partial charge < -0.3 is 10.4 Å². The van der Waals surface area contributed by atoms with Crippen molar-refractivity contribution in [3.8, 4) is 5.82 Å². The van der Waals surface area contributed by atoms with E-state index >= 15 is 0 Å². The molecule has 0 spiro atoms. The second-order valence-corrected chi connectivity index (χ2v) is 4.40. The highest BCUT2D eigenvalue weighted by Crippen LogP contribution is 2.05. The van der Waals surface area contributed by atoms with E-state index in [0.29, 0.717) is 17.8 Å². The van der Waals surface area contributed by atoms with Gasteiger partial charge in [-0.05, 0) is 18.6 Å². The van der Waals surface area contributed by atoms with Crippen LogP contribution in [0.2, 0.25) is 0 Å². The standard InChI is InChI=1S/C13H15N5O3/c1-2-9(13(20)21)5-16-12(19)10-3-4-11(15-6-10)18-8-14-7-17-18/h3-4,6-9H,2,5H2,1H3,(H,16,19)(H,20,21). The number of carboxylic acid groups (broad SMARTS) is 1. The van der Waals surface area contributed by atoms with Gasteiger partial charge >= 0.3 is 5.97 Å². The molecule has 1 amide bonds. The maximum absolute atomic E-state index is 11.9. The number of nitrogens with zero attached hydrogens (tertiary/aromatic N) is 4. The Morgan fingerprint density at radius 1 is 1.43 bits per heavy atom. The van der Waals surface area contributed by atoms with Gasteiger partial charge in [0, 0.05) is 12.7 Å². The molecule has 2 N–H and O–H groups in total. The third kappa shape index (κ3) is 3.62. The zero-order valence-electron chi connectivity index (χ0n) is 11.4. The number of carbonyl (C=O) groups is 2. The minimum absolute atomic E-state index is 0.0928. The minimum Gasteiger partial charge on any atom is -0.481 e. The van der Waals surface area contributed by atoms with E-state index < -0.39 is 11.9 Å². The summed E-state index contributed by atoms with van der Waals surface area (Å²) in [4.78, 5) is 30.7. The molecule has 0 aromatic carbocycles. The summed E-state index contributed by atoms with van der Waals surface area (Å²) < 4.78 is 1.47. The predicted octanol–water partition coefficient (Wildman–Crippen LogP) is 0.503. The maximum Gasteiger partial charge on any atom is 0.308 e. The second-order valence-electron chi connectivity index (χ2n) is 4.40. The van der Waals surface area contributed by atoms with Crippen molar-refractivity contribution in [3.63, 3.8) is 0 Å². The molecule has 0 aliphatic rings. The van der Waals surface area contributed by atoms with Crippen LogP contribution in [0, 0.1) is 5.92 Å². The molecular weight excluding hydrogens is 274 g/mol. The first-order chi connectivity index (χ1) is 10.1. The molecule has 0 aliphatic heterocycles. The molecule has 2 rings (SSSR count). The largest absolute Gasteiger partial charge is 0.481 e. The van der Waals surface area contributed by atoms with Gasteiger partial charge in [0.15, 0.2) is 5.82 Å². The number of hydrogen-bond donors (Lipinski definition) is 2. The lowest BCUT2D eigenvalue weighted by Gasteiger charge is -2.11. The first-order valence-electron chi connectivity index (χ1n) is 6.44. The van der Waals surface area contributed by atoms with Crippen LogP contribution < -0.4 is 5.32 Å². The first-order valence-corrected chi connectivity index (χ1v) is 6.44. The number of nitrogens with one attached hydrogen (secondary N) is 1. The summed E-state index contributed by atoms with van der Waals surface area (Å²) in [6.07, 6.45) is 4.76. The van der Waals surface area contributed by atoms with Crippen LogP contribution in [-0.2, 0) is 4.79 Å². The Balaban J connectivity index is 1.98. The van der Waals surface area contributed by atoms with Crippen LogP contribution in [0.5, 0.6) is 0 Å². The highest BCUT2D eigenvalue weighted by molar-refractivity contribution is 5.94. The van der Waals surface area contributed by atoms with Gasteiger partial charge in [-0.15, -0.1) is 0 Å². The van der Waals surface area contributed by atoms with Crippen molar-refractivity contribution in [2.45, 2.75) is 13.3 Å². The van der Waals surface area contributed by atoms with E-state index in [1.807, 2.05) is 0 Å². The monoisotopic (exact) mass is 289 g/mol. The van der Waals surface area contributed by atoms with Crippen molar-refractivity contribution < 1.29 is 14.7 Å². The number of amides is 1. The average molecular weight is 289 g/mol. The Labute approximate surface area is 120 Å². The number of aliphatic carboxylic acids is 1. The summed E-state index contributed by atoms with van der Waals surface area (Å²) in [7, 11) is 0. The molecule has 2 heterocycles. The molecule has 0 bridgehead atoms. The molecule has 0 radical (unpaired) electrons. The van der Waals surface area contributed by atoms with E-state index in [4.69, 9.17) is 5.11 Å². The number of rotatable bonds is 6. The molecule has 1 atom stereocenters. The smallest absolute Gasteiger partial charge is 0.308 e. The van der Waals surface area contributed by atoms with Crippen molar-refractivity contribution in [3.05, 3.63) is 36.5 Å². The highest BCUT2D eigenvalue weighted by Gasteiger charge is 2.16. The zero-order valence-corrected chi connectivity index (χ0v) is 11.4. The number of carboxylic acids is 1. The van der Waals surface area contributed by atoms with Crippen LogP contribution in [0.3, 0.4) is 0 Å². The third-order valence-electron chi connectivity index (χ3n) is 3.01. The molecule has 0 fully saturated rings. The summed E-state index contributed by atoms with van der Waals surface area (Å²) in [5.74, 6) is -1.32. The van der Waals surface area contributed by atoms with Crippen molar-refractivity contribution in [2.75, 3.05) is 6.54 Å². The van der Waals surface area contributed by atoms with Crippen LogP contribution in [-0.4, -0.2) is 43.3 Å². The molecule has 1 unspecified atom stereocenters. The molecule has 8 nitrogen and oxygen atoms in total. The summed E-state index contributed by atoms with van der Waals surface area (Å²) >= 11 is 0. The lowest BCUT2D eigenvalue weighted by molar-refractivity contribution is -0.141. The van der Waals surface area contributed by atoms with Gasteiger partial charge in [-0.2, -0.15) is 5.10 Å².